The van der Waals surface area contributed by atoms with E-state index >= 15 is 0 Å². The van der Waals surface area contributed by atoms with E-state index in [-0.39, 0.29) is 5.69 Å². The van der Waals surface area contributed by atoms with Gasteiger partial charge in [-0.1, -0.05) is 109 Å². The van der Waals surface area contributed by atoms with Gasteiger partial charge < -0.3 is 14.8 Å². The van der Waals surface area contributed by atoms with Crippen LogP contribution in [0.1, 0.15) is 33.6 Å². The third-order valence-corrected chi connectivity index (χ3v) is 7.25. The topological polar surface area (TPSA) is 62.3 Å². The van der Waals surface area contributed by atoms with Crippen LogP contribution in [0.4, 0.5) is 0 Å². The van der Waals surface area contributed by atoms with Crippen LogP contribution in [0.3, 0.4) is 0 Å². The molecule has 5 aromatic carbocycles. The number of para-hydroxylation sites is 1. The lowest BCUT2D eigenvalue weighted by atomic mass is 9.97. The number of aromatic amines is 1. The molecule has 0 aliphatic rings. The van der Waals surface area contributed by atoms with Gasteiger partial charge in [0.1, 0.15) is 11.4 Å². The number of rotatable bonds is 9. The molecule has 2 N–H and O–H groups in total. The fraction of sp³-hybridized carbons (Fsp3) is 0.114. The summed E-state index contributed by atoms with van der Waals surface area (Å²) >= 11 is 0. The summed E-state index contributed by atoms with van der Waals surface area (Å²) in [5, 5.41) is 13.2. The number of carbonyl (C=O) groups is 1. The zero-order valence-electron chi connectivity index (χ0n) is 21.6. The first kappa shape index (κ1) is 24.5. The summed E-state index contributed by atoms with van der Waals surface area (Å²) in [6, 6.07) is 39.2. The molecule has 0 aliphatic carbocycles. The van der Waals surface area contributed by atoms with Crippen molar-refractivity contribution in [3.05, 3.63) is 138 Å². The summed E-state index contributed by atoms with van der Waals surface area (Å²) in [7, 11) is 0. The highest BCUT2D eigenvalue weighted by molar-refractivity contribution is 5.98. The smallest absolute Gasteiger partial charge is 0.352 e. The van der Waals surface area contributed by atoms with E-state index in [4.69, 9.17) is 4.74 Å². The molecule has 0 radical (unpaired) electrons. The van der Waals surface area contributed by atoms with Gasteiger partial charge in [-0.25, -0.2) is 4.79 Å². The highest BCUT2D eigenvalue weighted by Crippen LogP contribution is 2.30. The molecule has 39 heavy (non-hydrogen) atoms. The quantitative estimate of drug-likeness (QED) is 0.192. The van der Waals surface area contributed by atoms with Gasteiger partial charge in [-0.3, -0.25) is 0 Å². The number of H-pyrrole nitrogens is 1. The summed E-state index contributed by atoms with van der Waals surface area (Å²) in [5.41, 5.74) is 6.60. The van der Waals surface area contributed by atoms with Gasteiger partial charge in [0.15, 0.2) is 0 Å². The Kier molecular flexibility index (Phi) is 6.84. The molecule has 0 saturated carbocycles. The monoisotopic (exact) mass is 511 g/mol. The fourth-order valence-electron chi connectivity index (χ4n) is 5.39. The molecular formula is C35H29NO3. The second-order valence-corrected chi connectivity index (χ2v) is 9.80. The molecule has 0 unspecified atom stereocenters. The Balaban J connectivity index is 1.23. The van der Waals surface area contributed by atoms with E-state index in [1.807, 2.05) is 54.6 Å². The Bertz CT molecular complexity index is 1760. The van der Waals surface area contributed by atoms with Crippen molar-refractivity contribution in [1.82, 2.24) is 4.98 Å². The van der Waals surface area contributed by atoms with Crippen LogP contribution in [0.2, 0.25) is 0 Å². The molecule has 6 aromatic rings. The Morgan fingerprint density at radius 1 is 0.744 bits per heavy atom. The molecule has 192 valence electrons. The van der Waals surface area contributed by atoms with Crippen LogP contribution >= 0.6 is 0 Å². The second kappa shape index (κ2) is 10.9. The lowest BCUT2D eigenvalue weighted by Gasteiger charge is -2.10. The number of hydrogen-bond acceptors (Lipinski definition) is 2. The number of carboxylic acids is 1. The molecule has 0 amide bonds. The van der Waals surface area contributed by atoms with Crippen molar-refractivity contribution in [3.63, 3.8) is 0 Å². The number of aryl methyl sites for hydroxylation is 1. The van der Waals surface area contributed by atoms with Gasteiger partial charge in [0.05, 0.1) is 6.61 Å². The van der Waals surface area contributed by atoms with Gasteiger partial charge >= 0.3 is 5.97 Å². The Morgan fingerprint density at radius 3 is 2.33 bits per heavy atom. The van der Waals surface area contributed by atoms with Crippen LogP contribution < -0.4 is 4.74 Å². The van der Waals surface area contributed by atoms with Gasteiger partial charge in [0, 0.05) is 16.3 Å². The number of hydrogen-bond donors (Lipinski definition) is 2. The summed E-state index contributed by atoms with van der Waals surface area (Å²) in [6.45, 7) is 0.506. The average molecular weight is 512 g/mol. The van der Waals surface area contributed by atoms with Crippen molar-refractivity contribution in [3.8, 4) is 16.9 Å². The molecule has 4 heteroatoms. The molecular weight excluding hydrogens is 482 g/mol. The number of ether oxygens (including phenoxy) is 1. The van der Waals surface area contributed by atoms with Crippen LogP contribution in [-0.2, 0) is 12.8 Å². The third-order valence-electron chi connectivity index (χ3n) is 7.25. The Labute approximate surface area is 227 Å². The van der Waals surface area contributed by atoms with Crippen LogP contribution in [0, 0.1) is 0 Å². The molecule has 1 aromatic heterocycles. The van der Waals surface area contributed by atoms with E-state index in [9.17, 15) is 9.90 Å². The van der Waals surface area contributed by atoms with E-state index in [1.54, 1.807) is 0 Å². The number of carboxylic acid groups (broad SMARTS) is 1. The van der Waals surface area contributed by atoms with E-state index in [0.29, 0.717) is 25.9 Å². The van der Waals surface area contributed by atoms with Crippen molar-refractivity contribution in [1.29, 1.82) is 0 Å². The maximum Gasteiger partial charge on any atom is 0.352 e. The fourth-order valence-corrected chi connectivity index (χ4v) is 5.39. The SMILES string of the molecule is O=C(O)c1[nH]c2c(Cc3cccc(-c4ccccc4)c3)cccc2c1CCCOc1cccc2ccccc12. The van der Waals surface area contributed by atoms with Gasteiger partial charge in [-0.05, 0) is 58.5 Å². The second-order valence-electron chi connectivity index (χ2n) is 9.80. The number of aromatic carboxylic acids is 1. The molecule has 0 aliphatic heterocycles. The zero-order valence-corrected chi connectivity index (χ0v) is 21.6. The summed E-state index contributed by atoms with van der Waals surface area (Å²) < 4.78 is 6.12. The summed E-state index contributed by atoms with van der Waals surface area (Å²) in [6.07, 6.45) is 2.03. The van der Waals surface area contributed by atoms with Crippen molar-refractivity contribution in [2.75, 3.05) is 6.61 Å². The lowest BCUT2D eigenvalue weighted by molar-refractivity contribution is 0.0690. The molecule has 6 rings (SSSR count). The van der Waals surface area contributed by atoms with Crippen molar-refractivity contribution >= 4 is 27.6 Å². The molecule has 0 bridgehead atoms. The Hall–Kier alpha value is -4.83. The van der Waals surface area contributed by atoms with E-state index in [0.717, 1.165) is 38.6 Å². The molecule has 0 atom stereocenters. The zero-order chi connectivity index (χ0) is 26.6. The number of aromatic nitrogens is 1. The molecule has 4 nitrogen and oxygen atoms in total. The van der Waals surface area contributed by atoms with Crippen LogP contribution in [-0.4, -0.2) is 22.7 Å². The van der Waals surface area contributed by atoms with Crippen molar-refractivity contribution in [2.24, 2.45) is 0 Å². The maximum absolute atomic E-state index is 12.2. The van der Waals surface area contributed by atoms with Gasteiger partial charge in [0.25, 0.3) is 0 Å². The minimum Gasteiger partial charge on any atom is -0.493 e. The van der Waals surface area contributed by atoms with E-state index in [1.165, 1.54) is 16.7 Å². The lowest BCUT2D eigenvalue weighted by Crippen LogP contribution is -2.04. The normalized spacial score (nSPS) is 11.2. The highest BCUT2D eigenvalue weighted by Gasteiger charge is 2.19. The standard InChI is InChI=1S/C35H29NO3/c37-35(38)34-31(19-9-21-39-32-20-8-14-26-13-4-5-17-29(26)32)30-18-7-16-28(33(30)36-34)23-24-10-6-15-27(22-24)25-11-2-1-3-12-25/h1-8,10-18,20,22,36H,9,19,21,23H2,(H,37,38). The van der Waals surface area contributed by atoms with Gasteiger partial charge in [0.2, 0.25) is 0 Å². The maximum atomic E-state index is 12.2. The first-order valence-electron chi connectivity index (χ1n) is 13.3. The first-order chi connectivity index (χ1) is 19.2. The Morgan fingerprint density at radius 2 is 1.46 bits per heavy atom. The third kappa shape index (κ3) is 5.14. The average Bonchev–Trinajstić information content (AvgIpc) is 3.36. The van der Waals surface area contributed by atoms with Gasteiger partial charge in [-0.2, -0.15) is 0 Å². The molecule has 1 heterocycles. The first-order valence-corrected chi connectivity index (χ1v) is 13.3. The minimum atomic E-state index is -0.937. The molecule has 0 fully saturated rings. The van der Waals surface area contributed by atoms with E-state index < -0.39 is 5.97 Å². The predicted octanol–water partition coefficient (Wildman–Crippen LogP) is 8.29. The summed E-state index contributed by atoms with van der Waals surface area (Å²) in [5.74, 6) is -0.0845. The highest BCUT2D eigenvalue weighted by atomic mass is 16.5. The minimum absolute atomic E-state index is 0.264. The van der Waals surface area contributed by atoms with Crippen LogP contribution in [0.5, 0.6) is 5.75 Å². The molecule has 0 spiro atoms. The largest absolute Gasteiger partial charge is 0.493 e. The van der Waals surface area contributed by atoms with E-state index in [2.05, 4.69) is 65.6 Å². The number of fused-ring (bicyclic) bond motifs is 2. The number of benzene rings is 5. The van der Waals surface area contributed by atoms with Crippen LogP contribution in [0.25, 0.3) is 32.8 Å². The molecule has 0 saturated heterocycles. The summed E-state index contributed by atoms with van der Waals surface area (Å²) in [4.78, 5) is 15.4. The number of nitrogens with one attached hydrogen (secondary N) is 1. The van der Waals surface area contributed by atoms with Crippen molar-refractivity contribution < 1.29 is 14.6 Å². The van der Waals surface area contributed by atoms with Crippen LogP contribution in [0.15, 0.2) is 115 Å². The predicted molar refractivity (Wildman–Crippen MR) is 158 cm³/mol. The van der Waals surface area contributed by atoms with Crippen molar-refractivity contribution in [2.45, 2.75) is 19.3 Å². The van der Waals surface area contributed by atoms with Gasteiger partial charge in [-0.15, -0.1) is 0 Å².